The van der Waals surface area contributed by atoms with E-state index in [1.807, 2.05) is 13.1 Å². The number of nitrogens with two attached hydrogens (primary N) is 2. The highest BCUT2D eigenvalue weighted by molar-refractivity contribution is 5.94. The maximum atomic E-state index is 11.0. The maximum Gasteiger partial charge on any atom is 0.248 e. The first kappa shape index (κ1) is 13.4. The largest absolute Gasteiger partial charge is 0.397 e. The van der Waals surface area contributed by atoms with E-state index in [2.05, 4.69) is 25.7 Å². The number of carbonyl (C=O) groups is 1. The van der Waals surface area contributed by atoms with Crippen LogP contribution in [0.4, 0.5) is 11.4 Å². The van der Waals surface area contributed by atoms with Crippen molar-refractivity contribution in [2.75, 3.05) is 17.7 Å². The summed E-state index contributed by atoms with van der Waals surface area (Å²) in [5.41, 5.74) is 13.1. The fourth-order valence-electron chi connectivity index (χ4n) is 1.70. The summed E-state index contributed by atoms with van der Waals surface area (Å²) in [4.78, 5) is 13.1. The van der Waals surface area contributed by atoms with Gasteiger partial charge in [-0.15, -0.1) is 0 Å². The van der Waals surface area contributed by atoms with Gasteiger partial charge in [-0.1, -0.05) is 13.8 Å². The molecule has 0 saturated carbocycles. The van der Waals surface area contributed by atoms with E-state index in [-0.39, 0.29) is 0 Å². The van der Waals surface area contributed by atoms with Gasteiger partial charge in [0.1, 0.15) is 0 Å². The van der Waals surface area contributed by atoms with Crippen molar-refractivity contribution >= 4 is 17.3 Å². The van der Waals surface area contributed by atoms with Crippen molar-refractivity contribution in [3.63, 3.8) is 0 Å². The zero-order valence-corrected chi connectivity index (χ0v) is 10.9. The maximum absolute atomic E-state index is 11.0. The number of amides is 1. The third kappa shape index (κ3) is 2.90. The zero-order valence-electron chi connectivity index (χ0n) is 10.9. The number of hydrogen-bond donors (Lipinski definition) is 2. The highest BCUT2D eigenvalue weighted by atomic mass is 16.1. The van der Waals surface area contributed by atoms with Gasteiger partial charge in [-0.05, 0) is 31.0 Å². The lowest BCUT2D eigenvalue weighted by atomic mass is 10.0. The van der Waals surface area contributed by atoms with Gasteiger partial charge >= 0.3 is 0 Å². The van der Waals surface area contributed by atoms with Gasteiger partial charge in [0.15, 0.2) is 0 Å². The fraction of sp³-hybridized carbons (Fsp3) is 0.462. The van der Waals surface area contributed by atoms with Crippen molar-refractivity contribution in [2.24, 2.45) is 11.7 Å². The first-order chi connectivity index (χ1) is 7.84. The van der Waals surface area contributed by atoms with E-state index in [0.29, 0.717) is 23.2 Å². The topological polar surface area (TPSA) is 72.3 Å². The Bertz CT molecular complexity index is 415. The number of anilines is 2. The first-order valence-electron chi connectivity index (χ1n) is 5.76. The molecule has 0 aromatic heterocycles. The molecule has 4 heteroatoms. The number of rotatable bonds is 4. The summed E-state index contributed by atoms with van der Waals surface area (Å²) in [6, 6.07) is 5.55. The minimum atomic E-state index is -0.456. The average Bonchev–Trinajstić information content (AvgIpc) is 2.26. The molecular formula is C13H21N3O. The average molecular weight is 235 g/mol. The van der Waals surface area contributed by atoms with Crippen molar-refractivity contribution in [2.45, 2.75) is 26.8 Å². The van der Waals surface area contributed by atoms with Crippen molar-refractivity contribution < 1.29 is 4.79 Å². The molecule has 0 bridgehead atoms. The van der Waals surface area contributed by atoms with Crippen molar-refractivity contribution in [3.05, 3.63) is 23.8 Å². The molecule has 4 nitrogen and oxygen atoms in total. The summed E-state index contributed by atoms with van der Waals surface area (Å²) in [7, 11) is 2.00. The standard InChI is InChI=1S/C13H21N3O/c1-8(2)9(3)16(4)12-6-5-10(13(15)17)7-11(12)14/h5-9H,14H2,1-4H3,(H2,15,17). The number of hydrogen-bond acceptors (Lipinski definition) is 3. The Hall–Kier alpha value is -1.71. The SMILES string of the molecule is CC(C)C(C)N(C)c1ccc(C(N)=O)cc1N. The molecule has 1 unspecified atom stereocenters. The summed E-state index contributed by atoms with van der Waals surface area (Å²) in [6.07, 6.45) is 0. The summed E-state index contributed by atoms with van der Waals surface area (Å²) in [5, 5.41) is 0. The quantitative estimate of drug-likeness (QED) is 0.782. The van der Waals surface area contributed by atoms with Crippen LogP contribution in [-0.2, 0) is 0 Å². The number of nitrogen functional groups attached to an aromatic ring is 1. The van der Waals surface area contributed by atoms with E-state index >= 15 is 0 Å². The van der Waals surface area contributed by atoms with Gasteiger partial charge in [-0.2, -0.15) is 0 Å². The van der Waals surface area contributed by atoms with Crippen LogP contribution in [0.15, 0.2) is 18.2 Å². The van der Waals surface area contributed by atoms with Gasteiger partial charge in [-0.25, -0.2) is 0 Å². The van der Waals surface area contributed by atoms with Crippen LogP contribution in [-0.4, -0.2) is 19.0 Å². The third-order valence-corrected chi connectivity index (χ3v) is 3.27. The molecule has 94 valence electrons. The molecule has 1 aromatic rings. The number of nitrogens with zero attached hydrogens (tertiary/aromatic N) is 1. The van der Waals surface area contributed by atoms with Gasteiger partial charge in [0.25, 0.3) is 0 Å². The van der Waals surface area contributed by atoms with Crippen LogP contribution in [0.25, 0.3) is 0 Å². The first-order valence-corrected chi connectivity index (χ1v) is 5.76. The van der Waals surface area contributed by atoms with Crippen LogP contribution in [0.5, 0.6) is 0 Å². The second-order valence-electron chi connectivity index (χ2n) is 4.73. The Morgan fingerprint density at radius 2 is 1.88 bits per heavy atom. The van der Waals surface area contributed by atoms with Crippen LogP contribution in [0.3, 0.4) is 0 Å². The Morgan fingerprint density at radius 3 is 2.29 bits per heavy atom. The lowest BCUT2D eigenvalue weighted by Gasteiger charge is -2.31. The van der Waals surface area contributed by atoms with E-state index in [9.17, 15) is 4.79 Å². The lowest BCUT2D eigenvalue weighted by Crippen LogP contribution is -2.33. The molecule has 0 fully saturated rings. The van der Waals surface area contributed by atoms with Crippen LogP contribution >= 0.6 is 0 Å². The molecular weight excluding hydrogens is 214 g/mol. The predicted octanol–water partition coefficient (Wildman–Crippen LogP) is 1.85. The molecule has 1 atom stereocenters. The number of primary amides is 1. The van der Waals surface area contributed by atoms with E-state index in [4.69, 9.17) is 11.5 Å². The lowest BCUT2D eigenvalue weighted by molar-refractivity contribution is 0.100. The highest BCUT2D eigenvalue weighted by Gasteiger charge is 2.16. The van der Waals surface area contributed by atoms with Gasteiger partial charge in [0.05, 0.1) is 11.4 Å². The van der Waals surface area contributed by atoms with Crippen LogP contribution in [0.2, 0.25) is 0 Å². The molecule has 0 aliphatic heterocycles. The number of carbonyl (C=O) groups excluding carboxylic acids is 1. The molecule has 17 heavy (non-hydrogen) atoms. The highest BCUT2D eigenvalue weighted by Crippen LogP contribution is 2.26. The smallest absolute Gasteiger partial charge is 0.248 e. The zero-order chi connectivity index (χ0) is 13.2. The molecule has 0 radical (unpaired) electrons. The Kier molecular flexibility index (Phi) is 3.99. The Labute approximate surface area is 103 Å². The van der Waals surface area contributed by atoms with Crippen molar-refractivity contribution in [3.8, 4) is 0 Å². The predicted molar refractivity (Wildman–Crippen MR) is 72.1 cm³/mol. The minimum absolute atomic E-state index is 0.372. The number of benzene rings is 1. The molecule has 1 rings (SSSR count). The molecule has 0 aliphatic rings. The van der Waals surface area contributed by atoms with Gasteiger partial charge in [0.2, 0.25) is 5.91 Å². The Balaban J connectivity index is 3.03. The molecule has 1 aromatic carbocycles. The van der Waals surface area contributed by atoms with Gasteiger partial charge < -0.3 is 16.4 Å². The molecule has 0 spiro atoms. The summed E-state index contributed by atoms with van der Waals surface area (Å²) in [6.45, 7) is 6.47. The molecule has 1 amide bonds. The minimum Gasteiger partial charge on any atom is -0.397 e. The normalized spacial score (nSPS) is 12.5. The van der Waals surface area contributed by atoms with Gasteiger partial charge in [-0.3, -0.25) is 4.79 Å². The summed E-state index contributed by atoms with van der Waals surface area (Å²) < 4.78 is 0. The van der Waals surface area contributed by atoms with E-state index in [1.54, 1.807) is 12.1 Å². The summed E-state index contributed by atoms with van der Waals surface area (Å²) >= 11 is 0. The Morgan fingerprint density at radius 1 is 1.29 bits per heavy atom. The second-order valence-corrected chi connectivity index (χ2v) is 4.73. The third-order valence-electron chi connectivity index (χ3n) is 3.27. The van der Waals surface area contributed by atoms with E-state index < -0.39 is 5.91 Å². The van der Waals surface area contributed by atoms with Crippen LogP contribution < -0.4 is 16.4 Å². The van der Waals surface area contributed by atoms with Crippen molar-refractivity contribution in [1.82, 2.24) is 0 Å². The molecule has 0 aliphatic carbocycles. The van der Waals surface area contributed by atoms with E-state index in [0.717, 1.165) is 5.69 Å². The van der Waals surface area contributed by atoms with E-state index in [1.165, 1.54) is 0 Å². The van der Waals surface area contributed by atoms with Crippen LogP contribution in [0.1, 0.15) is 31.1 Å². The molecule has 4 N–H and O–H groups in total. The monoisotopic (exact) mass is 235 g/mol. The summed E-state index contributed by atoms with van der Waals surface area (Å²) in [5.74, 6) is 0.0676. The molecule has 0 heterocycles. The molecule has 0 saturated heterocycles. The van der Waals surface area contributed by atoms with Gasteiger partial charge in [0, 0.05) is 18.7 Å². The fourth-order valence-corrected chi connectivity index (χ4v) is 1.70. The van der Waals surface area contributed by atoms with Crippen LogP contribution in [0, 0.1) is 5.92 Å². The van der Waals surface area contributed by atoms with Crippen molar-refractivity contribution in [1.29, 1.82) is 0 Å². The second kappa shape index (κ2) is 5.08.